The summed E-state index contributed by atoms with van der Waals surface area (Å²) >= 11 is 3.61. The summed E-state index contributed by atoms with van der Waals surface area (Å²) in [5.41, 5.74) is 11.7. The number of benzene rings is 2. The van der Waals surface area contributed by atoms with Gasteiger partial charge in [-0.05, 0) is 127 Å². The number of likely N-dealkylation sites (tertiary alicyclic amines) is 1. The maximum atomic E-state index is 12.3. The average Bonchev–Trinajstić information content (AvgIpc) is 4.00. The lowest BCUT2D eigenvalue weighted by atomic mass is 9.63. The van der Waals surface area contributed by atoms with E-state index in [9.17, 15) is 4.79 Å². The second-order valence-corrected chi connectivity index (χ2v) is 22.8. The lowest BCUT2D eigenvalue weighted by Crippen LogP contribution is -2.38. The van der Waals surface area contributed by atoms with E-state index in [-0.39, 0.29) is 51.3 Å². The number of aliphatic hydroxyl groups excluding tert-OH is 1. The maximum absolute atomic E-state index is 12.3. The van der Waals surface area contributed by atoms with E-state index < -0.39 is 0 Å². The van der Waals surface area contributed by atoms with Gasteiger partial charge in [0, 0.05) is 87.3 Å². The van der Waals surface area contributed by atoms with E-state index in [4.69, 9.17) is 24.5 Å². The molecular formula is C53H79BrN4O5S2. The van der Waals surface area contributed by atoms with E-state index in [1.807, 2.05) is 16.2 Å². The third kappa shape index (κ3) is 13.5. The molecule has 1 amide bonds. The van der Waals surface area contributed by atoms with Crippen molar-refractivity contribution >= 4 is 45.7 Å². The van der Waals surface area contributed by atoms with Crippen molar-refractivity contribution in [2.75, 3.05) is 66.8 Å². The Bertz CT molecular complexity index is 2110. The number of rotatable bonds is 11. The minimum Gasteiger partial charge on any atom is -0.449 e. The van der Waals surface area contributed by atoms with E-state index in [1.54, 1.807) is 25.6 Å². The summed E-state index contributed by atoms with van der Waals surface area (Å²) in [6.45, 7) is 24.7. The highest BCUT2D eigenvalue weighted by atomic mass is 79.9. The van der Waals surface area contributed by atoms with Gasteiger partial charge < -0.3 is 29.5 Å². The Balaban J connectivity index is 0.000000220. The van der Waals surface area contributed by atoms with Gasteiger partial charge in [0.2, 0.25) is 0 Å². The number of aliphatic hydroxyl groups is 1. The fourth-order valence-electron chi connectivity index (χ4n) is 9.75. The molecule has 0 spiro atoms. The molecule has 2 aliphatic heterocycles. The summed E-state index contributed by atoms with van der Waals surface area (Å²) in [5.74, 6) is 1.06. The number of amides is 1. The predicted octanol–water partition coefficient (Wildman–Crippen LogP) is 12.7. The maximum Gasteiger partial charge on any atom is 0.409 e. The number of hydrogen-bond donors (Lipinski definition) is 2. The molecule has 2 saturated heterocycles. The largest absolute Gasteiger partial charge is 0.449 e. The molecule has 2 N–H and O–H groups in total. The van der Waals surface area contributed by atoms with Crippen LogP contribution in [0.4, 0.5) is 4.79 Å². The van der Waals surface area contributed by atoms with Crippen LogP contribution in [-0.4, -0.2) is 92.9 Å². The van der Waals surface area contributed by atoms with Gasteiger partial charge in [0.25, 0.3) is 0 Å². The Morgan fingerprint density at radius 1 is 0.662 bits per heavy atom. The highest BCUT2D eigenvalue weighted by Gasteiger charge is 2.38. The second-order valence-electron chi connectivity index (χ2n) is 21.0. The van der Waals surface area contributed by atoms with Gasteiger partial charge in [0.15, 0.2) is 0 Å². The zero-order valence-electron chi connectivity index (χ0n) is 41.1. The number of methoxy groups -OCH3 is 2. The van der Waals surface area contributed by atoms with E-state index in [1.165, 1.54) is 87.6 Å². The van der Waals surface area contributed by atoms with Gasteiger partial charge in [-0.25, -0.2) is 14.8 Å². The van der Waals surface area contributed by atoms with Crippen molar-refractivity contribution in [2.24, 2.45) is 0 Å². The number of hydrogen-bond acceptors (Lipinski definition) is 10. The van der Waals surface area contributed by atoms with Crippen LogP contribution in [-0.2, 0) is 35.9 Å². The van der Waals surface area contributed by atoms with Gasteiger partial charge in [-0.1, -0.05) is 79.7 Å². The molecule has 9 nitrogen and oxygen atoms in total. The summed E-state index contributed by atoms with van der Waals surface area (Å²) in [5, 5.41) is 18.6. The molecule has 0 bridgehead atoms. The van der Waals surface area contributed by atoms with Crippen LogP contribution in [0.15, 0.2) is 47.2 Å². The Labute approximate surface area is 409 Å². The molecule has 2 aliphatic carbocycles. The number of thiazole rings is 2. The summed E-state index contributed by atoms with van der Waals surface area (Å²) in [4.78, 5) is 24.2. The van der Waals surface area contributed by atoms with Crippen LogP contribution >= 0.6 is 39.7 Å². The Kier molecular flexibility index (Phi) is 19.3. The van der Waals surface area contributed by atoms with Crippen molar-refractivity contribution < 1.29 is 24.1 Å². The van der Waals surface area contributed by atoms with Crippen LogP contribution < -0.4 is 5.32 Å². The van der Waals surface area contributed by atoms with Gasteiger partial charge in [-0.3, -0.25) is 0 Å². The van der Waals surface area contributed by atoms with Crippen molar-refractivity contribution in [1.29, 1.82) is 0 Å². The van der Waals surface area contributed by atoms with Crippen molar-refractivity contribution in [3.05, 3.63) is 79.4 Å². The quantitative estimate of drug-likeness (QED) is 0.143. The molecule has 0 radical (unpaired) electrons. The number of fused-ring (bicyclic) bond motifs is 2. The topological polar surface area (TPSA) is 106 Å². The van der Waals surface area contributed by atoms with Crippen molar-refractivity contribution in [3.8, 4) is 22.5 Å². The molecule has 4 aromatic rings. The SMILES string of the molecule is Br.CC1(C)CCC(C)(C)c2cc(-c3csc(C4CCNCC4)n3)ccc21.COCCCO.COCCCOC(=O)N1CCC(c2nc(-c3ccc4c(c3)C(C)(C)CCC4(C)C)cs2)CC1. The van der Waals surface area contributed by atoms with Crippen LogP contribution in [0.1, 0.15) is 164 Å². The molecule has 2 fully saturated rings. The lowest BCUT2D eigenvalue weighted by molar-refractivity contribution is 0.0828. The number of halogens is 1. The van der Waals surface area contributed by atoms with Gasteiger partial charge in [0.1, 0.15) is 0 Å². The molecule has 8 rings (SSSR count). The standard InChI is InChI=1S/C27H38N2O3S.C22H30N2S.C4H10O2.BrH/c1-26(2)11-12-27(3,4)22-17-20(7-8-21(22)26)23-18-33-24(28-23)19-9-13-29(14-10-19)25(30)32-16-6-15-31-5;1-21(2)9-10-22(3,4)18-13-16(5-6-17(18)21)19-14-25-20(24-19)15-7-11-23-12-8-15;1-6-4-2-3-5;/h7-8,17-19H,6,9-16H2,1-5H3;5-6,13-15,23H,7-12H2,1-4H3;5H,2-4H2,1H3;1H. The third-order valence-electron chi connectivity index (χ3n) is 14.4. The number of ether oxygens (including phenoxy) is 3. The van der Waals surface area contributed by atoms with Crippen LogP contribution in [0.25, 0.3) is 22.5 Å². The lowest BCUT2D eigenvalue weighted by Gasteiger charge is -2.42. The molecule has 2 aromatic heterocycles. The minimum atomic E-state index is -0.205. The van der Waals surface area contributed by atoms with Gasteiger partial charge >= 0.3 is 6.09 Å². The first kappa shape index (κ1) is 53.2. The highest BCUT2D eigenvalue weighted by Crippen LogP contribution is 2.48. The highest BCUT2D eigenvalue weighted by molar-refractivity contribution is 8.93. The number of nitrogens with zero attached hydrogens (tertiary/aromatic N) is 3. The third-order valence-corrected chi connectivity index (χ3v) is 16.4. The Hall–Kier alpha value is -2.71. The van der Waals surface area contributed by atoms with Crippen molar-refractivity contribution in [2.45, 2.75) is 153 Å². The zero-order valence-corrected chi connectivity index (χ0v) is 44.5. The fourth-order valence-corrected chi connectivity index (χ4v) is 11.8. The van der Waals surface area contributed by atoms with Crippen LogP contribution in [0.2, 0.25) is 0 Å². The first-order valence-electron chi connectivity index (χ1n) is 23.9. The second kappa shape index (κ2) is 23.5. The first-order valence-corrected chi connectivity index (χ1v) is 25.7. The summed E-state index contributed by atoms with van der Waals surface area (Å²) in [7, 11) is 3.28. The summed E-state index contributed by atoms with van der Waals surface area (Å²) < 4.78 is 15.0. The van der Waals surface area contributed by atoms with E-state index in [0.717, 1.165) is 57.6 Å². The summed E-state index contributed by atoms with van der Waals surface area (Å²) in [6, 6.07) is 14.1. The number of carbonyl (C=O) groups is 1. The van der Waals surface area contributed by atoms with Gasteiger partial charge in [0.05, 0.1) is 28.0 Å². The summed E-state index contributed by atoms with van der Waals surface area (Å²) in [6.07, 6.45) is 10.6. The predicted molar refractivity (Wildman–Crippen MR) is 276 cm³/mol. The minimum absolute atomic E-state index is 0. The van der Waals surface area contributed by atoms with Crippen molar-refractivity contribution in [1.82, 2.24) is 20.2 Å². The fraction of sp³-hybridized carbons (Fsp3) is 0.642. The van der Waals surface area contributed by atoms with Crippen LogP contribution in [0.5, 0.6) is 0 Å². The Morgan fingerprint density at radius 2 is 1.09 bits per heavy atom. The van der Waals surface area contributed by atoms with E-state index in [0.29, 0.717) is 31.7 Å². The van der Waals surface area contributed by atoms with Gasteiger partial charge in [-0.2, -0.15) is 0 Å². The average molecular weight is 996 g/mol. The molecule has 4 aliphatic rings. The molecule has 4 heterocycles. The van der Waals surface area contributed by atoms with E-state index in [2.05, 4.69) is 113 Å². The smallest absolute Gasteiger partial charge is 0.409 e. The van der Waals surface area contributed by atoms with E-state index >= 15 is 0 Å². The van der Waals surface area contributed by atoms with Crippen LogP contribution in [0.3, 0.4) is 0 Å². The molecule has 0 atom stereocenters. The molecule has 12 heteroatoms. The first-order chi connectivity index (χ1) is 30.5. The number of aromatic nitrogens is 2. The molecule has 2 aromatic carbocycles. The molecule has 360 valence electrons. The number of piperidine rings is 2. The molecule has 0 saturated carbocycles. The zero-order chi connectivity index (χ0) is 46.1. The monoisotopic (exact) mass is 994 g/mol. The van der Waals surface area contributed by atoms with Gasteiger partial charge in [-0.15, -0.1) is 39.7 Å². The molecule has 65 heavy (non-hydrogen) atoms. The van der Waals surface area contributed by atoms with Crippen LogP contribution in [0, 0.1) is 0 Å². The molecule has 0 unspecified atom stereocenters. The number of nitrogens with one attached hydrogen (secondary N) is 1. The molecular weight excluding hydrogens is 917 g/mol. The normalized spacial score (nSPS) is 19.6. The Morgan fingerprint density at radius 3 is 1.52 bits per heavy atom. The number of carbonyl (C=O) groups excluding carboxylic acids is 1. The van der Waals surface area contributed by atoms with Crippen molar-refractivity contribution in [3.63, 3.8) is 0 Å².